The Kier molecular flexibility index (Phi) is 8.10. The molecule has 3 aromatic rings. The molecule has 3 rings (SSSR count). The van der Waals surface area contributed by atoms with Gasteiger partial charge in [0.15, 0.2) is 11.5 Å². The predicted molar refractivity (Wildman–Crippen MR) is 135 cm³/mol. The molecular weight excluding hydrogens is 424 g/mol. The molecule has 0 aliphatic carbocycles. The highest BCUT2D eigenvalue weighted by Crippen LogP contribution is 2.30. The fourth-order valence-corrected chi connectivity index (χ4v) is 3.90. The molecule has 0 aliphatic heterocycles. The van der Waals surface area contributed by atoms with Crippen molar-refractivity contribution >= 4 is 12.0 Å². The van der Waals surface area contributed by atoms with Crippen molar-refractivity contribution in [2.24, 2.45) is 0 Å². The monoisotopic (exact) mass is 454 g/mol. The highest BCUT2D eigenvalue weighted by Gasteiger charge is 2.15. The molecule has 5 nitrogen and oxygen atoms in total. The lowest BCUT2D eigenvalue weighted by molar-refractivity contribution is -0.117. The molecule has 0 bridgehead atoms. The van der Waals surface area contributed by atoms with Crippen LogP contribution in [0.25, 0.3) is 6.08 Å². The van der Waals surface area contributed by atoms with Gasteiger partial charge in [-0.3, -0.25) is 4.79 Å². The Morgan fingerprint density at radius 1 is 1.03 bits per heavy atom. The van der Waals surface area contributed by atoms with Crippen LogP contribution in [0, 0.1) is 32.1 Å². The second-order valence-corrected chi connectivity index (χ2v) is 8.35. The van der Waals surface area contributed by atoms with Crippen LogP contribution in [0.5, 0.6) is 11.5 Å². The average Bonchev–Trinajstić information content (AvgIpc) is 2.82. The summed E-state index contributed by atoms with van der Waals surface area (Å²) in [7, 11) is 1.57. The molecule has 1 N–H and O–H groups in total. The van der Waals surface area contributed by atoms with Crippen LogP contribution < -0.4 is 14.8 Å². The smallest absolute Gasteiger partial charge is 0.262 e. The zero-order valence-electron chi connectivity index (χ0n) is 20.3. The van der Waals surface area contributed by atoms with Crippen LogP contribution in [0.3, 0.4) is 0 Å². The van der Waals surface area contributed by atoms with E-state index < -0.39 is 5.91 Å². The van der Waals surface area contributed by atoms with Crippen molar-refractivity contribution in [2.45, 2.75) is 40.3 Å². The summed E-state index contributed by atoms with van der Waals surface area (Å²) >= 11 is 0. The van der Waals surface area contributed by atoms with Crippen LogP contribution in [0.15, 0.2) is 66.2 Å². The molecule has 0 unspecified atom stereocenters. The zero-order valence-corrected chi connectivity index (χ0v) is 20.3. The third-order valence-electron chi connectivity index (χ3n) is 5.72. The van der Waals surface area contributed by atoms with E-state index in [9.17, 15) is 10.1 Å². The number of benzene rings is 3. The molecule has 0 radical (unpaired) electrons. The average molecular weight is 455 g/mol. The lowest BCUT2D eigenvalue weighted by atomic mass is 10.0. The largest absolute Gasteiger partial charge is 0.493 e. The molecule has 0 heterocycles. The SMILES string of the molecule is COc1cc(/C=C(\C#N)C(=O)N[C@@H](C)c2ccccc2)ccc1OCc1c(C)cc(C)cc1C. The van der Waals surface area contributed by atoms with Gasteiger partial charge in [0.05, 0.1) is 13.2 Å². The Balaban J connectivity index is 1.76. The molecular formula is C29H30N2O3. The molecule has 0 aliphatic rings. The Morgan fingerprint density at radius 2 is 1.71 bits per heavy atom. The van der Waals surface area contributed by atoms with Gasteiger partial charge in [-0.25, -0.2) is 0 Å². The number of aryl methyl sites for hydroxylation is 3. The molecule has 3 aromatic carbocycles. The van der Waals surface area contributed by atoms with E-state index in [1.165, 1.54) is 16.7 Å². The minimum Gasteiger partial charge on any atom is -0.493 e. The van der Waals surface area contributed by atoms with Crippen LogP contribution in [0.1, 0.15) is 46.3 Å². The lowest BCUT2D eigenvalue weighted by Gasteiger charge is -2.15. The molecule has 0 saturated heterocycles. The summed E-state index contributed by atoms with van der Waals surface area (Å²) in [6, 6.07) is 21.0. The van der Waals surface area contributed by atoms with Gasteiger partial charge in [0.1, 0.15) is 18.2 Å². The Morgan fingerprint density at radius 3 is 2.32 bits per heavy atom. The van der Waals surface area contributed by atoms with Crippen molar-refractivity contribution in [3.8, 4) is 17.6 Å². The summed E-state index contributed by atoms with van der Waals surface area (Å²) < 4.78 is 11.6. The van der Waals surface area contributed by atoms with Gasteiger partial charge in [-0.15, -0.1) is 0 Å². The van der Waals surface area contributed by atoms with E-state index in [0.717, 1.165) is 11.1 Å². The van der Waals surface area contributed by atoms with Gasteiger partial charge < -0.3 is 14.8 Å². The maximum Gasteiger partial charge on any atom is 0.262 e. The molecule has 174 valence electrons. The number of hydrogen-bond donors (Lipinski definition) is 1. The van der Waals surface area contributed by atoms with E-state index in [1.807, 2.05) is 43.3 Å². The first kappa shape index (κ1) is 24.6. The number of carbonyl (C=O) groups is 1. The molecule has 34 heavy (non-hydrogen) atoms. The first-order chi connectivity index (χ1) is 16.3. The summed E-state index contributed by atoms with van der Waals surface area (Å²) in [6.45, 7) is 8.55. The van der Waals surface area contributed by atoms with Gasteiger partial charge in [0.2, 0.25) is 0 Å². The van der Waals surface area contributed by atoms with Crippen LogP contribution in [0.4, 0.5) is 0 Å². The van der Waals surface area contributed by atoms with Gasteiger partial charge in [-0.1, -0.05) is 54.1 Å². The number of nitriles is 1. The number of nitrogens with one attached hydrogen (secondary N) is 1. The zero-order chi connectivity index (χ0) is 24.7. The van der Waals surface area contributed by atoms with Crippen LogP contribution in [-0.2, 0) is 11.4 Å². The number of carbonyl (C=O) groups excluding carboxylic acids is 1. The van der Waals surface area contributed by atoms with E-state index in [2.05, 4.69) is 38.2 Å². The Hall–Kier alpha value is -4.04. The highest BCUT2D eigenvalue weighted by molar-refractivity contribution is 6.01. The van der Waals surface area contributed by atoms with Crippen molar-refractivity contribution < 1.29 is 14.3 Å². The van der Waals surface area contributed by atoms with Crippen molar-refractivity contribution in [1.29, 1.82) is 5.26 Å². The van der Waals surface area contributed by atoms with E-state index in [1.54, 1.807) is 31.4 Å². The fraction of sp³-hybridized carbons (Fsp3) is 0.241. The van der Waals surface area contributed by atoms with Gasteiger partial charge in [0.25, 0.3) is 5.91 Å². The van der Waals surface area contributed by atoms with Crippen molar-refractivity contribution in [3.05, 3.63) is 99.6 Å². The summed E-state index contributed by atoms with van der Waals surface area (Å²) in [6.07, 6.45) is 1.55. The summed E-state index contributed by atoms with van der Waals surface area (Å²) in [5.41, 5.74) is 6.40. The standard InChI is InChI=1S/C29H30N2O3/c1-19-13-20(2)26(21(3)14-19)18-34-27-12-11-23(16-28(27)33-5)15-25(17-30)29(32)31-22(4)24-9-7-6-8-10-24/h6-16,22H,18H2,1-5H3,(H,31,32)/b25-15+/t22-/m0/s1. The molecule has 1 amide bonds. The van der Waals surface area contributed by atoms with Gasteiger partial charge in [-0.05, 0) is 73.7 Å². The van der Waals surface area contributed by atoms with Crippen LogP contribution >= 0.6 is 0 Å². The first-order valence-electron chi connectivity index (χ1n) is 11.2. The number of nitrogens with zero attached hydrogens (tertiary/aromatic N) is 1. The molecule has 1 atom stereocenters. The number of hydrogen-bond acceptors (Lipinski definition) is 4. The van der Waals surface area contributed by atoms with Crippen LogP contribution in [0.2, 0.25) is 0 Å². The number of amides is 1. The third kappa shape index (κ3) is 6.05. The Labute approximate surface area is 201 Å². The summed E-state index contributed by atoms with van der Waals surface area (Å²) in [4.78, 5) is 12.7. The second kappa shape index (κ2) is 11.2. The minimum absolute atomic E-state index is 0.0180. The minimum atomic E-state index is -0.427. The number of rotatable bonds is 8. The number of methoxy groups -OCH3 is 1. The fourth-order valence-electron chi connectivity index (χ4n) is 3.90. The maximum absolute atomic E-state index is 12.7. The predicted octanol–water partition coefficient (Wildman–Crippen LogP) is 5.98. The van der Waals surface area contributed by atoms with E-state index >= 15 is 0 Å². The second-order valence-electron chi connectivity index (χ2n) is 8.35. The molecule has 0 fully saturated rings. The van der Waals surface area contributed by atoms with Gasteiger partial charge in [-0.2, -0.15) is 5.26 Å². The number of ether oxygens (including phenoxy) is 2. The van der Waals surface area contributed by atoms with Crippen LogP contribution in [-0.4, -0.2) is 13.0 Å². The van der Waals surface area contributed by atoms with E-state index in [0.29, 0.717) is 23.7 Å². The molecule has 0 saturated carbocycles. The van der Waals surface area contributed by atoms with Gasteiger partial charge in [0, 0.05) is 0 Å². The normalized spacial score (nSPS) is 11.9. The lowest BCUT2D eigenvalue weighted by Crippen LogP contribution is -2.27. The topological polar surface area (TPSA) is 71.3 Å². The third-order valence-corrected chi connectivity index (χ3v) is 5.72. The first-order valence-corrected chi connectivity index (χ1v) is 11.2. The molecule has 0 spiro atoms. The highest BCUT2D eigenvalue weighted by atomic mass is 16.5. The summed E-state index contributed by atoms with van der Waals surface area (Å²) in [5.74, 6) is 0.703. The van der Waals surface area contributed by atoms with Crippen molar-refractivity contribution in [3.63, 3.8) is 0 Å². The van der Waals surface area contributed by atoms with E-state index in [-0.39, 0.29) is 11.6 Å². The summed E-state index contributed by atoms with van der Waals surface area (Å²) in [5, 5.41) is 12.4. The van der Waals surface area contributed by atoms with Gasteiger partial charge >= 0.3 is 0 Å². The van der Waals surface area contributed by atoms with E-state index in [4.69, 9.17) is 9.47 Å². The van der Waals surface area contributed by atoms with Crippen molar-refractivity contribution in [1.82, 2.24) is 5.32 Å². The van der Waals surface area contributed by atoms with Crippen molar-refractivity contribution in [2.75, 3.05) is 7.11 Å². The molecule has 0 aromatic heterocycles. The quantitative estimate of drug-likeness (QED) is 0.335. The molecule has 5 heteroatoms. The maximum atomic E-state index is 12.7. The Bertz CT molecular complexity index is 1220.